The number of rotatable bonds is 0. The lowest BCUT2D eigenvalue weighted by atomic mass is 10.1. The van der Waals surface area contributed by atoms with E-state index in [2.05, 4.69) is 13.0 Å². The van der Waals surface area contributed by atoms with E-state index in [4.69, 9.17) is 4.42 Å². The topological polar surface area (TPSA) is 13.1 Å². The molecule has 0 atom stereocenters. The second-order valence-corrected chi connectivity index (χ2v) is 2.32. The molecule has 2 rings (SSSR count). The van der Waals surface area contributed by atoms with E-state index in [0.717, 1.165) is 11.3 Å². The third kappa shape index (κ3) is 0.637. The van der Waals surface area contributed by atoms with Gasteiger partial charge in [0, 0.05) is 11.6 Å². The van der Waals surface area contributed by atoms with Crippen molar-refractivity contribution in [2.45, 2.75) is 6.92 Å². The highest BCUT2D eigenvalue weighted by molar-refractivity contribution is 5.63. The maximum Gasteiger partial charge on any atom is 0.141 e. The Morgan fingerprint density at radius 2 is 2.30 bits per heavy atom. The summed E-state index contributed by atoms with van der Waals surface area (Å²) >= 11 is 0. The van der Waals surface area contributed by atoms with Crippen LogP contribution in [0.1, 0.15) is 5.56 Å². The number of hydrogen-bond donors (Lipinski definition) is 0. The van der Waals surface area contributed by atoms with E-state index < -0.39 is 0 Å². The molecule has 0 aromatic rings. The fourth-order valence-electron chi connectivity index (χ4n) is 1.06. The summed E-state index contributed by atoms with van der Waals surface area (Å²) in [6, 6.07) is 8.83. The smallest absolute Gasteiger partial charge is 0.141 e. The molecule has 0 unspecified atom stereocenters. The van der Waals surface area contributed by atoms with Crippen molar-refractivity contribution in [3.63, 3.8) is 0 Å². The van der Waals surface area contributed by atoms with E-state index in [0.29, 0.717) is 0 Å². The fourth-order valence-corrected chi connectivity index (χ4v) is 1.06. The van der Waals surface area contributed by atoms with Crippen LogP contribution in [0.3, 0.4) is 0 Å². The molecule has 1 heteroatoms. The van der Waals surface area contributed by atoms with Crippen LogP contribution in [0.2, 0.25) is 0 Å². The lowest BCUT2D eigenvalue weighted by molar-refractivity contribution is 0.565. The summed E-state index contributed by atoms with van der Waals surface area (Å²) in [6.07, 6.45) is 1.69. The minimum atomic E-state index is 0.847. The fraction of sp³-hybridized carbons (Fsp3) is 0.111. The third-order valence-electron chi connectivity index (χ3n) is 1.64. The van der Waals surface area contributed by atoms with Gasteiger partial charge in [-0.1, -0.05) is 6.07 Å². The zero-order valence-corrected chi connectivity index (χ0v) is 5.72. The van der Waals surface area contributed by atoms with Gasteiger partial charge < -0.3 is 4.42 Å². The van der Waals surface area contributed by atoms with Crippen LogP contribution in [-0.2, 0) is 0 Å². The van der Waals surface area contributed by atoms with Crippen LogP contribution in [-0.4, -0.2) is 0 Å². The van der Waals surface area contributed by atoms with Gasteiger partial charge in [0.15, 0.2) is 0 Å². The van der Waals surface area contributed by atoms with Gasteiger partial charge in [-0.3, -0.25) is 0 Å². The standard InChI is InChI=1S/C9H7O/c1-7-5-6-10-9-4-2-3-8(7)9/h2-3,5-6H,1H3. The molecule has 1 aliphatic carbocycles. The van der Waals surface area contributed by atoms with Crippen molar-refractivity contribution in [2.24, 2.45) is 0 Å². The maximum atomic E-state index is 5.18. The monoisotopic (exact) mass is 131 g/mol. The molecule has 0 saturated heterocycles. The van der Waals surface area contributed by atoms with Gasteiger partial charge in [0.05, 0.1) is 6.26 Å². The molecular weight excluding hydrogens is 124 g/mol. The molecule has 0 bridgehead atoms. The largest absolute Gasteiger partial charge is 0.464 e. The van der Waals surface area contributed by atoms with E-state index in [9.17, 15) is 0 Å². The Balaban J connectivity index is 2.80. The Morgan fingerprint density at radius 3 is 3.10 bits per heavy atom. The molecule has 0 aromatic heterocycles. The lowest BCUT2D eigenvalue weighted by Crippen LogP contribution is -1.77. The predicted octanol–water partition coefficient (Wildman–Crippen LogP) is 2.49. The molecule has 0 aromatic carbocycles. The highest BCUT2D eigenvalue weighted by Crippen LogP contribution is 2.24. The van der Waals surface area contributed by atoms with E-state index in [1.165, 1.54) is 5.56 Å². The summed E-state index contributed by atoms with van der Waals surface area (Å²) in [4.78, 5) is 0. The molecule has 0 fully saturated rings. The van der Waals surface area contributed by atoms with Crippen molar-refractivity contribution in [3.8, 4) is 11.3 Å². The first-order chi connectivity index (χ1) is 4.88. The minimum Gasteiger partial charge on any atom is -0.464 e. The van der Waals surface area contributed by atoms with Crippen LogP contribution in [0, 0.1) is 13.0 Å². The number of aryl methyl sites for hydroxylation is 1. The normalized spacial score (nSPS) is 10.5. The van der Waals surface area contributed by atoms with Crippen LogP contribution in [0.25, 0.3) is 11.3 Å². The highest BCUT2D eigenvalue weighted by Gasteiger charge is 2.04. The number of hydrogen-bond acceptors (Lipinski definition) is 1. The van der Waals surface area contributed by atoms with Crippen molar-refractivity contribution < 1.29 is 4.42 Å². The van der Waals surface area contributed by atoms with Gasteiger partial charge in [0.25, 0.3) is 0 Å². The summed E-state index contributed by atoms with van der Waals surface area (Å²) in [5.41, 5.74) is 2.39. The summed E-state index contributed by atoms with van der Waals surface area (Å²) in [5, 5.41) is 0. The van der Waals surface area contributed by atoms with Crippen molar-refractivity contribution in [1.29, 1.82) is 0 Å². The summed E-state index contributed by atoms with van der Waals surface area (Å²) < 4.78 is 5.18. The van der Waals surface area contributed by atoms with Gasteiger partial charge in [-0.05, 0) is 24.6 Å². The van der Waals surface area contributed by atoms with Gasteiger partial charge in [-0.25, -0.2) is 0 Å². The second kappa shape index (κ2) is 1.87. The van der Waals surface area contributed by atoms with Crippen molar-refractivity contribution in [1.82, 2.24) is 0 Å². The zero-order chi connectivity index (χ0) is 6.97. The van der Waals surface area contributed by atoms with Crippen LogP contribution in [0.5, 0.6) is 0 Å². The molecule has 0 N–H and O–H groups in total. The molecule has 0 spiro atoms. The molecular formula is C9H7O. The Labute approximate surface area is 59.6 Å². The van der Waals surface area contributed by atoms with Crippen LogP contribution >= 0.6 is 0 Å². The molecule has 2 aliphatic rings. The lowest BCUT2D eigenvalue weighted by Gasteiger charge is -1.98. The van der Waals surface area contributed by atoms with Crippen LogP contribution < -0.4 is 0 Å². The molecule has 0 saturated carbocycles. The van der Waals surface area contributed by atoms with Crippen molar-refractivity contribution >= 4 is 0 Å². The molecule has 1 aliphatic heterocycles. The van der Waals surface area contributed by atoms with E-state index >= 15 is 0 Å². The first kappa shape index (κ1) is 5.54. The first-order valence-corrected chi connectivity index (χ1v) is 3.22. The maximum absolute atomic E-state index is 5.18. The van der Waals surface area contributed by atoms with Gasteiger partial charge in [-0.15, -0.1) is 0 Å². The molecule has 1 radical (unpaired) electrons. The Hall–Kier alpha value is -1.24. The second-order valence-electron chi connectivity index (χ2n) is 2.32. The Morgan fingerprint density at radius 1 is 1.40 bits per heavy atom. The quantitative estimate of drug-likeness (QED) is 0.535. The molecule has 49 valence electrons. The SMILES string of the molecule is Cc1ccoc2[c]ccc1-2. The molecule has 10 heavy (non-hydrogen) atoms. The number of fused-ring (bicyclic) bond motifs is 1. The van der Waals surface area contributed by atoms with Crippen molar-refractivity contribution in [2.75, 3.05) is 0 Å². The Kier molecular flexibility index (Phi) is 1.04. The minimum absolute atomic E-state index is 0.847. The average Bonchev–Trinajstić information content (AvgIpc) is 2.36. The first-order valence-electron chi connectivity index (χ1n) is 3.22. The molecule has 1 nitrogen and oxygen atoms in total. The molecule has 0 amide bonds. The third-order valence-corrected chi connectivity index (χ3v) is 1.64. The van der Waals surface area contributed by atoms with Crippen LogP contribution in [0.4, 0.5) is 0 Å². The van der Waals surface area contributed by atoms with E-state index in [1.807, 2.05) is 18.2 Å². The summed E-state index contributed by atoms with van der Waals surface area (Å²) in [7, 11) is 0. The van der Waals surface area contributed by atoms with Gasteiger partial charge in [0.1, 0.15) is 5.76 Å². The van der Waals surface area contributed by atoms with E-state index in [-0.39, 0.29) is 0 Å². The van der Waals surface area contributed by atoms with E-state index in [1.54, 1.807) is 6.26 Å². The van der Waals surface area contributed by atoms with Gasteiger partial charge in [0.2, 0.25) is 0 Å². The van der Waals surface area contributed by atoms with Gasteiger partial charge >= 0.3 is 0 Å². The molecule has 1 heterocycles. The highest BCUT2D eigenvalue weighted by atomic mass is 16.3. The van der Waals surface area contributed by atoms with Gasteiger partial charge in [-0.2, -0.15) is 0 Å². The zero-order valence-electron chi connectivity index (χ0n) is 5.72. The summed E-state index contributed by atoms with van der Waals surface area (Å²) in [5.74, 6) is 0.847. The van der Waals surface area contributed by atoms with Crippen LogP contribution in [0.15, 0.2) is 28.9 Å². The predicted molar refractivity (Wildman–Crippen MR) is 38.9 cm³/mol. The summed E-state index contributed by atoms with van der Waals surface area (Å²) in [6.45, 7) is 2.06. The van der Waals surface area contributed by atoms with Crippen molar-refractivity contribution in [3.05, 3.63) is 36.1 Å². The average molecular weight is 131 g/mol. The Bertz CT molecular complexity index is 309.